The van der Waals surface area contributed by atoms with Gasteiger partial charge in [-0.3, -0.25) is 0 Å². The molecule has 2 amide bonds. The van der Waals surface area contributed by atoms with Gasteiger partial charge in [-0.25, -0.2) is 19.0 Å². The number of pyridine rings is 1. The summed E-state index contributed by atoms with van der Waals surface area (Å²) in [5.74, 6) is -3.20. The molecule has 0 aromatic carbocycles. The van der Waals surface area contributed by atoms with Gasteiger partial charge in [-0.1, -0.05) is 0 Å². The van der Waals surface area contributed by atoms with Crippen molar-refractivity contribution < 1.29 is 41.7 Å². The Kier molecular flexibility index (Phi) is 7.42. The molecule has 0 aliphatic carbocycles. The lowest BCUT2D eigenvalue weighted by molar-refractivity contribution is -0.192. The van der Waals surface area contributed by atoms with Gasteiger partial charge in [0.05, 0.1) is 18.1 Å². The molecule has 2 atom stereocenters. The Morgan fingerprint density at radius 3 is 2.56 bits per heavy atom. The first-order valence-corrected chi connectivity index (χ1v) is 10.3. The van der Waals surface area contributed by atoms with Gasteiger partial charge >= 0.3 is 18.2 Å². The number of likely N-dealkylation sites (tertiary alicyclic amines) is 2. The molecule has 0 bridgehead atoms. The molecule has 0 radical (unpaired) electrons. The molecule has 12 heteroatoms. The molecule has 0 spiro atoms. The van der Waals surface area contributed by atoms with Crippen molar-refractivity contribution in [1.82, 2.24) is 14.8 Å². The summed E-state index contributed by atoms with van der Waals surface area (Å²) in [5, 5.41) is 7.12. The summed E-state index contributed by atoms with van der Waals surface area (Å²) in [4.78, 5) is 29.5. The fraction of sp³-hybridized carbons (Fsp3) is 0.650. The highest BCUT2D eigenvalue weighted by Gasteiger charge is 2.50. The van der Waals surface area contributed by atoms with Crippen LogP contribution in [0.3, 0.4) is 0 Å². The number of fused-ring (bicyclic) bond motifs is 1. The third-order valence-electron chi connectivity index (χ3n) is 5.88. The maximum atomic E-state index is 13.8. The van der Waals surface area contributed by atoms with Crippen molar-refractivity contribution in [3.8, 4) is 5.88 Å². The number of carbonyl (C=O) groups excluding carboxylic acids is 1. The molecule has 3 fully saturated rings. The molecular formula is C20H25F4N3O5. The van der Waals surface area contributed by atoms with Crippen LogP contribution in [0.15, 0.2) is 18.3 Å². The van der Waals surface area contributed by atoms with Gasteiger partial charge in [-0.05, 0) is 37.8 Å². The average Bonchev–Trinajstić information content (AvgIpc) is 3.42. The number of halogens is 4. The van der Waals surface area contributed by atoms with Crippen molar-refractivity contribution in [3.05, 3.63) is 24.1 Å². The summed E-state index contributed by atoms with van der Waals surface area (Å²) >= 11 is 0. The number of aliphatic carboxylic acids is 1. The van der Waals surface area contributed by atoms with E-state index in [0.717, 1.165) is 38.8 Å². The van der Waals surface area contributed by atoms with Crippen molar-refractivity contribution in [2.24, 2.45) is 5.41 Å². The topological polar surface area (TPSA) is 92.2 Å². The van der Waals surface area contributed by atoms with Gasteiger partial charge in [0.15, 0.2) is 5.82 Å². The summed E-state index contributed by atoms with van der Waals surface area (Å²) in [6.45, 7) is 3.97. The zero-order valence-electron chi connectivity index (χ0n) is 17.3. The zero-order valence-corrected chi connectivity index (χ0v) is 17.3. The van der Waals surface area contributed by atoms with Crippen LogP contribution >= 0.6 is 0 Å². The van der Waals surface area contributed by atoms with E-state index in [9.17, 15) is 22.4 Å². The Hall–Kier alpha value is -2.63. The Labute approximate surface area is 182 Å². The number of piperidine rings is 1. The maximum absolute atomic E-state index is 13.8. The van der Waals surface area contributed by atoms with Crippen LogP contribution in [0.2, 0.25) is 0 Å². The van der Waals surface area contributed by atoms with Gasteiger partial charge in [-0.15, -0.1) is 0 Å². The lowest BCUT2D eigenvalue weighted by Gasteiger charge is -2.44. The largest absolute Gasteiger partial charge is 0.490 e. The number of nitrogens with zero attached hydrogens (tertiary/aromatic N) is 3. The van der Waals surface area contributed by atoms with Gasteiger partial charge in [0.2, 0.25) is 5.88 Å². The number of carboxylic acids is 1. The normalized spacial score (nSPS) is 25.1. The van der Waals surface area contributed by atoms with E-state index >= 15 is 0 Å². The first-order chi connectivity index (χ1) is 15.1. The second-order valence-corrected chi connectivity index (χ2v) is 8.04. The Morgan fingerprint density at radius 2 is 1.94 bits per heavy atom. The van der Waals surface area contributed by atoms with Gasteiger partial charge in [0, 0.05) is 39.0 Å². The minimum absolute atomic E-state index is 0.0190. The number of rotatable bonds is 3. The van der Waals surface area contributed by atoms with Crippen LogP contribution in [0.25, 0.3) is 0 Å². The first-order valence-electron chi connectivity index (χ1n) is 10.3. The average molecular weight is 463 g/mol. The molecule has 1 aromatic rings. The molecule has 3 aliphatic rings. The molecule has 0 saturated carbocycles. The van der Waals surface area contributed by atoms with Crippen LogP contribution in [0.1, 0.15) is 25.7 Å². The Balaban J connectivity index is 0.000000360. The van der Waals surface area contributed by atoms with Crippen molar-refractivity contribution in [1.29, 1.82) is 0 Å². The number of hydrogen-bond donors (Lipinski definition) is 1. The van der Waals surface area contributed by atoms with Gasteiger partial charge in [-0.2, -0.15) is 13.2 Å². The highest BCUT2D eigenvalue weighted by atomic mass is 19.4. The van der Waals surface area contributed by atoms with E-state index in [-0.39, 0.29) is 23.4 Å². The molecule has 4 heterocycles. The van der Waals surface area contributed by atoms with Crippen molar-refractivity contribution >= 4 is 12.0 Å². The fourth-order valence-corrected chi connectivity index (χ4v) is 4.22. The summed E-state index contributed by atoms with van der Waals surface area (Å²) in [6, 6.07) is 3.00. The SMILES string of the molecule is O=C(N1CCCC1)N1CC[C@H]2OCC[C@@]2(COc2ncccc2F)C1.O=C(O)C(F)(F)F. The van der Waals surface area contributed by atoms with E-state index < -0.39 is 18.0 Å². The smallest absolute Gasteiger partial charge is 0.475 e. The molecule has 32 heavy (non-hydrogen) atoms. The predicted octanol–water partition coefficient (Wildman–Crippen LogP) is 2.93. The quantitative estimate of drug-likeness (QED) is 0.694. The third kappa shape index (κ3) is 5.59. The Morgan fingerprint density at radius 1 is 1.25 bits per heavy atom. The number of carbonyl (C=O) groups is 2. The lowest BCUT2D eigenvalue weighted by Crippen LogP contribution is -2.56. The first kappa shape index (κ1) is 24.0. The molecule has 1 N–H and O–H groups in total. The summed E-state index contributed by atoms with van der Waals surface area (Å²) in [6.07, 6.45) is 0.269. The minimum Gasteiger partial charge on any atom is -0.475 e. The van der Waals surface area contributed by atoms with E-state index in [1.807, 2.05) is 9.80 Å². The van der Waals surface area contributed by atoms with E-state index in [1.165, 1.54) is 12.3 Å². The minimum atomic E-state index is -5.08. The van der Waals surface area contributed by atoms with Crippen LogP contribution in [0.5, 0.6) is 5.88 Å². The number of alkyl halides is 3. The second-order valence-electron chi connectivity index (χ2n) is 8.04. The van der Waals surface area contributed by atoms with Crippen LogP contribution in [0, 0.1) is 11.2 Å². The number of amides is 2. The highest BCUT2D eigenvalue weighted by molar-refractivity contribution is 5.75. The number of carboxylic acid groups (broad SMARTS) is 1. The maximum Gasteiger partial charge on any atom is 0.490 e. The molecular weight excluding hydrogens is 438 g/mol. The lowest BCUT2D eigenvalue weighted by atomic mass is 9.77. The summed E-state index contributed by atoms with van der Waals surface area (Å²) in [7, 11) is 0. The molecule has 1 aromatic heterocycles. The van der Waals surface area contributed by atoms with Gasteiger partial charge in [0.25, 0.3) is 0 Å². The van der Waals surface area contributed by atoms with E-state index in [2.05, 4.69) is 4.98 Å². The summed E-state index contributed by atoms with van der Waals surface area (Å²) in [5.41, 5.74) is -0.280. The van der Waals surface area contributed by atoms with Gasteiger partial charge < -0.3 is 24.4 Å². The van der Waals surface area contributed by atoms with Crippen LogP contribution in [-0.2, 0) is 9.53 Å². The predicted molar refractivity (Wildman–Crippen MR) is 103 cm³/mol. The fourth-order valence-electron chi connectivity index (χ4n) is 4.22. The molecule has 3 saturated heterocycles. The second kappa shape index (κ2) is 9.88. The number of urea groups is 1. The summed E-state index contributed by atoms with van der Waals surface area (Å²) < 4.78 is 57.1. The van der Waals surface area contributed by atoms with E-state index in [4.69, 9.17) is 19.4 Å². The number of ether oxygens (including phenoxy) is 2. The van der Waals surface area contributed by atoms with E-state index in [0.29, 0.717) is 26.3 Å². The molecule has 8 nitrogen and oxygen atoms in total. The molecule has 178 valence electrons. The van der Waals surface area contributed by atoms with Crippen LogP contribution in [0.4, 0.5) is 22.4 Å². The van der Waals surface area contributed by atoms with Crippen molar-refractivity contribution in [2.75, 3.05) is 39.4 Å². The molecule has 4 rings (SSSR count). The zero-order chi connectivity index (χ0) is 23.4. The van der Waals surface area contributed by atoms with Crippen molar-refractivity contribution in [3.63, 3.8) is 0 Å². The number of hydrogen-bond acceptors (Lipinski definition) is 5. The Bertz CT molecular complexity index is 819. The number of aromatic nitrogens is 1. The van der Waals surface area contributed by atoms with Gasteiger partial charge in [0.1, 0.15) is 0 Å². The monoisotopic (exact) mass is 463 g/mol. The molecule has 0 unspecified atom stereocenters. The van der Waals surface area contributed by atoms with Crippen LogP contribution in [-0.4, -0.2) is 83.6 Å². The highest BCUT2D eigenvalue weighted by Crippen LogP contribution is 2.41. The molecule has 3 aliphatic heterocycles. The van der Waals surface area contributed by atoms with Crippen molar-refractivity contribution in [2.45, 2.75) is 38.0 Å². The van der Waals surface area contributed by atoms with Crippen LogP contribution < -0.4 is 4.74 Å². The van der Waals surface area contributed by atoms with E-state index in [1.54, 1.807) is 6.07 Å². The standard InChI is InChI=1S/C18H24FN3O3.C2HF3O2/c19-14-4-3-7-20-16(14)25-13-18-6-11-24-15(18)5-10-22(12-18)17(23)21-8-1-2-9-21;3-2(4,5)1(6)7/h3-4,7,15H,1-2,5-6,8-13H2;(H,6,7)/t15-,18+;/m1./s1. The third-order valence-corrected chi connectivity index (χ3v) is 5.88.